The first kappa shape index (κ1) is 26.5. The average molecular weight is 527 g/mol. The zero-order chi connectivity index (χ0) is 25.7. The first-order valence-corrected chi connectivity index (χ1v) is 12.9. The number of benzene rings is 1. The molecule has 1 fully saturated rings. The van der Waals surface area contributed by atoms with Crippen molar-refractivity contribution in [1.29, 1.82) is 0 Å². The highest BCUT2D eigenvalue weighted by molar-refractivity contribution is 8.00. The second-order valence-corrected chi connectivity index (χ2v) is 9.65. The van der Waals surface area contributed by atoms with Gasteiger partial charge in [-0.1, -0.05) is 11.8 Å². The number of amides is 1. The molecule has 2 heterocycles. The highest BCUT2D eigenvalue weighted by Crippen LogP contribution is 2.35. The van der Waals surface area contributed by atoms with Crippen LogP contribution in [0.4, 0.5) is 18.9 Å². The summed E-state index contributed by atoms with van der Waals surface area (Å²) < 4.78 is 51.5. The van der Waals surface area contributed by atoms with Crippen molar-refractivity contribution in [2.75, 3.05) is 51.0 Å². The predicted molar refractivity (Wildman–Crippen MR) is 130 cm³/mol. The number of hydrogen-bond acceptors (Lipinski definition) is 7. The summed E-state index contributed by atoms with van der Waals surface area (Å²) in [5, 5.41) is 3.01. The van der Waals surface area contributed by atoms with E-state index in [1.807, 2.05) is 0 Å². The molecule has 4 rings (SSSR count). The van der Waals surface area contributed by atoms with Crippen LogP contribution < -0.4 is 15.7 Å². The van der Waals surface area contributed by atoms with Gasteiger partial charge in [0.25, 0.3) is 0 Å². The molecule has 1 aliphatic carbocycles. The smallest absolute Gasteiger partial charge is 0.416 e. The van der Waals surface area contributed by atoms with E-state index in [0.29, 0.717) is 24.8 Å². The van der Waals surface area contributed by atoms with Gasteiger partial charge in [-0.05, 0) is 43.9 Å². The molecule has 1 aromatic carbocycles. The maximum Gasteiger partial charge on any atom is 0.416 e. The molecule has 0 unspecified atom stereocenters. The lowest BCUT2D eigenvalue weighted by Gasteiger charge is -2.28. The monoisotopic (exact) mass is 526 g/mol. The minimum absolute atomic E-state index is 0.0635. The number of aromatic nitrogens is 2. The van der Waals surface area contributed by atoms with Gasteiger partial charge in [-0.15, -0.1) is 0 Å². The van der Waals surface area contributed by atoms with Crippen LogP contribution in [0.15, 0.2) is 28.0 Å². The Morgan fingerprint density at radius 2 is 1.94 bits per heavy atom. The van der Waals surface area contributed by atoms with E-state index in [9.17, 15) is 22.8 Å². The van der Waals surface area contributed by atoms with Crippen LogP contribution in [-0.2, 0) is 35.1 Å². The number of carbonyl (C=O) groups excluding carboxylic acids is 1. The first-order chi connectivity index (χ1) is 17.3. The molecule has 0 saturated carbocycles. The molecule has 12 heteroatoms. The lowest BCUT2D eigenvalue weighted by Crippen LogP contribution is -2.40. The van der Waals surface area contributed by atoms with E-state index in [-0.39, 0.29) is 22.9 Å². The van der Waals surface area contributed by atoms with Crippen LogP contribution in [0.25, 0.3) is 0 Å². The summed E-state index contributed by atoms with van der Waals surface area (Å²) in [6.07, 6.45) is -1.05. The zero-order valence-electron chi connectivity index (χ0n) is 20.0. The van der Waals surface area contributed by atoms with Crippen LogP contribution in [0, 0.1) is 0 Å². The minimum atomic E-state index is -4.55. The molecule has 1 N–H and O–H groups in total. The summed E-state index contributed by atoms with van der Waals surface area (Å²) in [6, 6.07) is 2.91. The van der Waals surface area contributed by atoms with Gasteiger partial charge < -0.3 is 14.8 Å². The summed E-state index contributed by atoms with van der Waals surface area (Å²) in [4.78, 5) is 32.1. The number of thioether (sulfide) groups is 1. The Morgan fingerprint density at radius 1 is 1.19 bits per heavy atom. The van der Waals surface area contributed by atoms with Gasteiger partial charge in [0, 0.05) is 37.4 Å². The number of nitrogens with one attached hydrogen (secondary N) is 1. The summed E-state index contributed by atoms with van der Waals surface area (Å²) in [5.74, 6) is -0.490. The highest BCUT2D eigenvalue weighted by Gasteiger charge is 2.31. The van der Waals surface area contributed by atoms with Crippen molar-refractivity contribution >= 4 is 23.4 Å². The second kappa shape index (κ2) is 11.7. The van der Waals surface area contributed by atoms with E-state index in [4.69, 9.17) is 9.47 Å². The van der Waals surface area contributed by atoms with E-state index in [1.54, 1.807) is 4.57 Å². The van der Waals surface area contributed by atoms with Crippen molar-refractivity contribution in [2.45, 2.75) is 43.4 Å². The summed E-state index contributed by atoms with van der Waals surface area (Å²) >= 11 is 1.13. The highest BCUT2D eigenvalue weighted by atomic mass is 32.2. The van der Waals surface area contributed by atoms with Gasteiger partial charge in [0.2, 0.25) is 5.91 Å². The van der Waals surface area contributed by atoms with Gasteiger partial charge in [0.05, 0.1) is 37.3 Å². The summed E-state index contributed by atoms with van der Waals surface area (Å²) in [5.41, 5.74) is 0.662. The number of methoxy groups -OCH3 is 1. The zero-order valence-corrected chi connectivity index (χ0v) is 20.8. The van der Waals surface area contributed by atoms with Crippen molar-refractivity contribution in [3.05, 3.63) is 45.5 Å². The normalized spacial score (nSPS) is 16.4. The van der Waals surface area contributed by atoms with Crippen molar-refractivity contribution < 1.29 is 27.4 Å². The third-order valence-corrected chi connectivity index (χ3v) is 7.35. The van der Waals surface area contributed by atoms with Crippen LogP contribution in [0.1, 0.15) is 29.7 Å². The Hall–Kier alpha value is -2.57. The Kier molecular flexibility index (Phi) is 8.58. The number of carbonyl (C=O) groups is 1. The fraction of sp³-hybridized carbons (Fsp3) is 0.542. The SMILES string of the molecule is COc1ccc(C(F)(F)F)cc1NC(=O)CSc1nc(=O)n(CCN2CCOCC2)c2c1CCCC2. The Bertz CT molecular complexity index is 1150. The minimum Gasteiger partial charge on any atom is -0.495 e. The molecule has 0 spiro atoms. The largest absolute Gasteiger partial charge is 0.495 e. The van der Waals surface area contributed by atoms with Gasteiger partial charge >= 0.3 is 11.9 Å². The Balaban J connectivity index is 1.46. The topological polar surface area (TPSA) is 85.7 Å². The maximum absolute atomic E-state index is 13.1. The van der Waals surface area contributed by atoms with Gasteiger partial charge in [0.1, 0.15) is 10.8 Å². The molecule has 8 nitrogen and oxygen atoms in total. The van der Waals surface area contributed by atoms with E-state index in [2.05, 4.69) is 15.2 Å². The van der Waals surface area contributed by atoms with E-state index < -0.39 is 17.6 Å². The van der Waals surface area contributed by atoms with Gasteiger partial charge in [-0.25, -0.2) is 4.79 Å². The van der Waals surface area contributed by atoms with Crippen molar-refractivity contribution in [1.82, 2.24) is 14.5 Å². The average Bonchev–Trinajstić information content (AvgIpc) is 2.87. The molecule has 1 aliphatic heterocycles. The quantitative estimate of drug-likeness (QED) is 0.418. The number of nitrogens with zero attached hydrogens (tertiary/aromatic N) is 3. The Labute approximate surface area is 211 Å². The third kappa shape index (κ3) is 6.40. The molecule has 0 radical (unpaired) electrons. The molecule has 36 heavy (non-hydrogen) atoms. The number of anilines is 1. The molecule has 0 bridgehead atoms. The molecule has 196 valence electrons. The molecule has 2 aliphatic rings. The molecule has 1 saturated heterocycles. The fourth-order valence-corrected chi connectivity index (χ4v) is 5.34. The van der Waals surface area contributed by atoms with E-state index in [0.717, 1.165) is 80.5 Å². The molecule has 1 aromatic heterocycles. The van der Waals surface area contributed by atoms with Crippen LogP contribution in [-0.4, -0.2) is 66.1 Å². The number of rotatable bonds is 8. The predicted octanol–water partition coefficient (Wildman–Crippen LogP) is 3.21. The second-order valence-electron chi connectivity index (χ2n) is 8.69. The third-order valence-electron chi connectivity index (χ3n) is 6.34. The number of fused-ring (bicyclic) bond motifs is 1. The fourth-order valence-electron chi connectivity index (χ4n) is 4.47. The van der Waals surface area contributed by atoms with Crippen LogP contribution in [0.3, 0.4) is 0 Å². The number of hydrogen-bond donors (Lipinski definition) is 1. The molecular formula is C24H29F3N4O4S. The van der Waals surface area contributed by atoms with Gasteiger partial charge in [0.15, 0.2) is 0 Å². The van der Waals surface area contributed by atoms with Crippen molar-refractivity contribution in [3.63, 3.8) is 0 Å². The number of alkyl halides is 3. The molecular weight excluding hydrogens is 497 g/mol. The lowest BCUT2D eigenvalue weighted by atomic mass is 9.97. The van der Waals surface area contributed by atoms with Gasteiger partial charge in [-0.3, -0.25) is 14.3 Å². The Morgan fingerprint density at radius 3 is 2.67 bits per heavy atom. The van der Waals surface area contributed by atoms with Crippen molar-refractivity contribution in [2.24, 2.45) is 0 Å². The van der Waals surface area contributed by atoms with Crippen molar-refractivity contribution in [3.8, 4) is 5.75 Å². The number of ether oxygens (including phenoxy) is 2. The maximum atomic E-state index is 13.1. The molecule has 1 amide bonds. The van der Waals surface area contributed by atoms with Crippen LogP contribution in [0.2, 0.25) is 0 Å². The molecule has 2 aromatic rings. The summed E-state index contributed by atoms with van der Waals surface area (Å²) in [7, 11) is 1.32. The van der Waals surface area contributed by atoms with E-state index >= 15 is 0 Å². The number of halogens is 3. The standard InChI is InChI=1S/C24H29F3N4O4S/c1-34-20-7-6-16(24(25,26)27)14-18(20)28-21(32)15-36-22-17-4-2-3-5-19(17)31(23(33)29-22)9-8-30-10-12-35-13-11-30/h6-7,14H,2-5,8-13,15H2,1H3,(H,28,32). The van der Waals surface area contributed by atoms with E-state index in [1.165, 1.54) is 13.2 Å². The number of morpholine rings is 1. The lowest BCUT2D eigenvalue weighted by molar-refractivity contribution is -0.137. The summed E-state index contributed by atoms with van der Waals surface area (Å²) in [6.45, 7) is 4.35. The van der Waals surface area contributed by atoms with Crippen LogP contribution in [0.5, 0.6) is 5.75 Å². The molecule has 0 atom stereocenters. The van der Waals surface area contributed by atoms with Crippen LogP contribution >= 0.6 is 11.8 Å². The first-order valence-electron chi connectivity index (χ1n) is 11.9. The van der Waals surface area contributed by atoms with Gasteiger partial charge in [-0.2, -0.15) is 18.2 Å².